The van der Waals surface area contributed by atoms with Crippen molar-refractivity contribution in [1.82, 2.24) is 10.2 Å². The van der Waals surface area contributed by atoms with Crippen molar-refractivity contribution in [3.05, 3.63) is 124 Å². The van der Waals surface area contributed by atoms with E-state index >= 15 is 0 Å². The van der Waals surface area contributed by atoms with Gasteiger partial charge in [-0.1, -0.05) is 95.1 Å². The maximum atomic E-state index is 14.5. The van der Waals surface area contributed by atoms with E-state index in [0.717, 1.165) is 31.9 Å². The van der Waals surface area contributed by atoms with Gasteiger partial charge >= 0.3 is 0 Å². The van der Waals surface area contributed by atoms with Crippen molar-refractivity contribution in [3.8, 4) is 5.75 Å². The Morgan fingerprint density at radius 3 is 2.22 bits per heavy atom. The molecule has 0 aliphatic rings. The predicted octanol–water partition coefficient (Wildman–Crippen LogP) is 6.13. The first-order chi connectivity index (χ1) is 21.6. The van der Waals surface area contributed by atoms with E-state index in [1.165, 1.54) is 24.1 Å². The van der Waals surface area contributed by atoms with Crippen molar-refractivity contribution < 1.29 is 22.7 Å². The van der Waals surface area contributed by atoms with E-state index in [1.54, 1.807) is 36.4 Å². The summed E-state index contributed by atoms with van der Waals surface area (Å²) in [7, 11) is -2.78. The van der Waals surface area contributed by atoms with Crippen LogP contribution in [0.15, 0.2) is 112 Å². The Bertz CT molecular complexity index is 1700. The summed E-state index contributed by atoms with van der Waals surface area (Å²) in [5.74, 6) is -0.556. The quantitative estimate of drug-likeness (QED) is 0.172. The number of sulfonamides is 1. The third-order valence-electron chi connectivity index (χ3n) is 7.30. The summed E-state index contributed by atoms with van der Waals surface area (Å²) in [4.78, 5) is 29.8. The number of anilines is 1. The molecule has 8 nitrogen and oxygen atoms in total. The minimum atomic E-state index is -4.23. The monoisotopic (exact) mass is 691 g/mol. The molecular formula is C35H38BrN3O5S. The summed E-state index contributed by atoms with van der Waals surface area (Å²) in [6.07, 6.45) is 0.968. The molecule has 0 saturated heterocycles. The highest BCUT2D eigenvalue weighted by Crippen LogP contribution is 2.33. The lowest BCUT2D eigenvalue weighted by molar-refractivity contribution is -0.140. The first-order valence-electron chi connectivity index (χ1n) is 14.7. The van der Waals surface area contributed by atoms with Crippen LogP contribution in [-0.4, -0.2) is 51.4 Å². The summed E-state index contributed by atoms with van der Waals surface area (Å²) in [5.41, 5.74) is 2.77. The van der Waals surface area contributed by atoms with Gasteiger partial charge in [0.05, 0.1) is 17.7 Å². The zero-order chi connectivity index (χ0) is 32.4. The molecule has 1 atom stereocenters. The van der Waals surface area contributed by atoms with Crippen LogP contribution in [0, 0.1) is 6.92 Å². The van der Waals surface area contributed by atoms with Crippen molar-refractivity contribution in [3.63, 3.8) is 0 Å². The van der Waals surface area contributed by atoms with Crippen LogP contribution in [-0.2, 0) is 32.6 Å². The molecule has 0 bridgehead atoms. The van der Waals surface area contributed by atoms with Crippen LogP contribution >= 0.6 is 15.9 Å². The number of carbonyl (C=O) groups is 2. The van der Waals surface area contributed by atoms with Crippen LogP contribution in [0.1, 0.15) is 30.0 Å². The van der Waals surface area contributed by atoms with Gasteiger partial charge in [-0.3, -0.25) is 13.9 Å². The van der Waals surface area contributed by atoms with E-state index in [0.29, 0.717) is 12.3 Å². The van der Waals surface area contributed by atoms with E-state index in [4.69, 9.17) is 4.74 Å². The second-order valence-electron chi connectivity index (χ2n) is 10.6. The van der Waals surface area contributed by atoms with Gasteiger partial charge in [-0.2, -0.15) is 0 Å². The van der Waals surface area contributed by atoms with Crippen LogP contribution in [0.4, 0.5) is 5.69 Å². The third-order valence-corrected chi connectivity index (χ3v) is 9.57. The summed E-state index contributed by atoms with van der Waals surface area (Å²) in [5, 5.41) is 2.96. The lowest BCUT2D eigenvalue weighted by Crippen LogP contribution is -2.53. The molecule has 0 radical (unpaired) electrons. The van der Waals surface area contributed by atoms with Gasteiger partial charge in [-0.15, -0.1) is 0 Å². The molecule has 0 aliphatic carbocycles. The minimum absolute atomic E-state index is 0.0341. The Labute approximate surface area is 274 Å². The van der Waals surface area contributed by atoms with Crippen molar-refractivity contribution in [2.75, 3.05) is 24.5 Å². The Kier molecular flexibility index (Phi) is 11.8. The van der Waals surface area contributed by atoms with Crippen LogP contribution in [0.3, 0.4) is 0 Å². The van der Waals surface area contributed by atoms with Gasteiger partial charge in [0.25, 0.3) is 10.0 Å². The molecule has 0 heterocycles. The Hall–Kier alpha value is -4.15. The second-order valence-corrected chi connectivity index (χ2v) is 13.4. The fourth-order valence-corrected chi connectivity index (χ4v) is 6.81. The zero-order valence-electron chi connectivity index (χ0n) is 25.6. The highest BCUT2D eigenvalue weighted by molar-refractivity contribution is 9.10. The van der Waals surface area contributed by atoms with Crippen LogP contribution in [0.25, 0.3) is 0 Å². The van der Waals surface area contributed by atoms with Gasteiger partial charge in [0.15, 0.2) is 0 Å². The molecular weight excluding hydrogens is 654 g/mol. The maximum Gasteiger partial charge on any atom is 0.264 e. The normalized spacial score (nSPS) is 11.8. The average molecular weight is 693 g/mol. The molecule has 0 spiro atoms. The molecule has 236 valence electrons. The standard InChI is InChI=1S/C35H38BrN3O5S/c1-4-21-37-35(41)32(23-27-11-6-5-7-12-27)38(24-28-13-10-14-29(36)22-28)34(40)25-39(31-15-8-9-16-33(31)44-3)45(42,43)30-19-17-26(2)18-20-30/h5-20,22,32H,4,21,23-25H2,1-3H3,(H,37,41)/t32-/m1/s1. The van der Waals surface area contributed by atoms with Gasteiger partial charge in [-0.05, 0) is 60.9 Å². The molecule has 4 aromatic carbocycles. The first-order valence-corrected chi connectivity index (χ1v) is 16.9. The smallest absolute Gasteiger partial charge is 0.264 e. The fraction of sp³-hybridized carbons (Fsp3) is 0.257. The number of hydrogen-bond acceptors (Lipinski definition) is 5. The van der Waals surface area contributed by atoms with E-state index in [-0.39, 0.29) is 29.5 Å². The number of ether oxygens (including phenoxy) is 1. The lowest BCUT2D eigenvalue weighted by atomic mass is 10.0. The number of amides is 2. The van der Waals surface area contributed by atoms with Gasteiger partial charge in [-0.25, -0.2) is 8.42 Å². The SMILES string of the molecule is CCCNC(=O)[C@@H](Cc1ccccc1)N(Cc1cccc(Br)c1)C(=O)CN(c1ccccc1OC)S(=O)(=O)c1ccc(C)cc1. The zero-order valence-corrected chi connectivity index (χ0v) is 28.1. The van der Waals surface area contributed by atoms with Crippen molar-refractivity contribution in [2.45, 2.75) is 44.2 Å². The Morgan fingerprint density at radius 1 is 0.889 bits per heavy atom. The van der Waals surface area contributed by atoms with Gasteiger partial charge < -0.3 is 15.0 Å². The maximum absolute atomic E-state index is 14.5. The number of methoxy groups -OCH3 is 1. The number of carbonyl (C=O) groups excluding carboxylic acids is 2. The van der Waals surface area contributed by atoms with E-state index < -0.39 is 28.5 Å². The topological polar surface area (TPSA) is 96.0 Å². The van der Waals surface area contributed by atoms with Crippen LogP contribution in [0.5, 0.6) is 5.75 Å². The highest BCUT2D eigenvalue weighted by atomic mass is 79.9. The number of para-hydroxylation sites is 2. The summed E-state index contributed by atoms with van der Waals surface area (Å²) >= 11 is 3.50. The van der Waals surface area contributed by atoms with Crippen molar-refractivity contribution >= 4 is 43.5 Å². The van der Waals surface area contributed by atoms with E-state index in [9.17, 15) is 18.0 Å². The average Bonchev–Trinajstić information content (AvgIpc) is 3.04. The third kappa shape index (κ3) is 8.73. The lowest BCUT2D eigenvalue weighted by Gasteiger charge is -2.34. The van der Waals surface area contributed by atoms with E-state index in [2.05, 4.69) is 21.2 Å². The summed E-state index contributed by atoms with van der Waals surface area (Å²) in [6.45, 7) is 3.79. The van der Waals surface area contributed by atoms with Crippen molar-refractivity contribution in [2.24, 2.45) is 0 Å². The largest absolute Gasteiger partial charge is 0.495 e. The molecule has 45 heavy (non-hydrogen) atoms. The molecule has 1 N–H and O–H groups in total. The molecule has 0 saturated carbocycles. The molecule has 0 aromatic heterocycles. The number of aryl methyl sites for hydroxylation is 1. The Balaban J connectivity index is 1.82. The molecule has 2 amide bonds. The molecule has 4 aromatic rings. The van der Waals surface area contributed by atoms with Gasteiger partial charge in [0.2, 0.25) is 11.8 Å². The number of hydrogen-bond donors (Lipinski definition) is 1. The molecule has 0 fully saturated rings. The highest BCUT2D eigenvalue weighted by Gasteiger charge is 2.35. The summed E-state index contributed by atoms with van der Waals surface area (Å²) < 4.78 is 35.9. The Morgan fingerprint density at radius 2 is 1.56 bits per heavy atom. The summed E-state index contributed by atoms with van der Waals surface area (Å²) in [6, 6.07) is 29.2. The second kappa shape index (κ2) is 15.7. The number of benzene rings is 4. The molecule has 4 rings (SSSR count). The molecule has 0 aliphatic heterocycles. The van der Waals surface area contributed by atoms with E-state index in [1.807, 2.05) is 68.4 Å². The minimum Gasteiger partial charge on any atom is -0.495 e. The number of halogens is 1. The fourth-order valence-electron chi connectivity index (χ4n) is 4.94. The molecule has 10 heteroatoms. The van der Waals surface area contributed by atoms with Crippen LogP contribution in [0.2, 0.25) is 0 Å². The number of nitrogens with zero attached hydrogens (tertiary/aromatic N) is 2. The predicted molar refractivity (Wildman–Crippen MR) is 181 cm³/mol. The first kappa shape index (κ1) is 33.7. The van der Waals surface area contributed by atoms with Crippen molar-refractivity contribution in [1.29, 1.82) is 0 Å². The van der Waals surface area contributed by atoms with Gasteiger partial charge in [0.1, 0.15) is 18.3 Å². The number of rotatable bonds is 14. The van der Waals surface area contributed by atoms with Gasteiger partial charge in [0, 0.05) is 24.0 Å². The molecule has 0 unspecified atom stereocenters. The number of nitrogens with one attached hydrogen (secondary N) is 1. The van der Waals surface area contributed by atoms with Crippen LogP contribution < -0.4 is 14.4 Å².